The van der Waals surface area contributed by atoms with Crippen LogP contribution in [-0.4, -0.2) is 17.5 Å². The highest BCUT2D eigenvalue weighted by Crippen LogP contribution is 2.65. The van der Waals surface area contributed by atoms with Crippen molar-refractivity contribution in [3.8, 4) is 0 Å². The van der Waals surface area contributed by atoms with E-state index in [0.29, 0.717) is 12.8 Å². The topological polar surface area (TPSA) is 55.4 Å². The van der Waals surface area contributed by atoms with Gasteiger partial charge >= 0.3 is 5.97 Å². The maximum absolute atomic E-state index is 13.7. The van der Waals surface area contributed by atoms with Crippen molar-refractivity contribution >= 4 is 17.6 Å². The van der Waals surface area contributed by atoms with Crippen molar-refractivity contribution in [2.24, 2.45) is 10.8 Å². The fourth-order valence-electron chi connectivity index (χ4n) is 3.53. The lowest BCUT2D eigenvalue weighted by atomic mass is 9.66. The van der Waals surface area contributed by atoms with E-state index in [1.165, 1.54) is 12.1 Å². The van der Waals surface area contributed by atoms with E-state index in [-0.39, 0.29) is 11.7 Å². The van der Waals surface area contributed by atoms with Gasteiger partial charge in [-0.1, -0.05) is 26.0 Å². The molecule has 2 bridgehead atoms. The highest BCUT2D eigenvalue weighted by molar-refractivity contribution is 6.03. The Balaban J connectivity index is 1.96. The molecule has 1 aromatic rings. The Hall–Kier alpha value is -1.91. The van der Waals surface area contributed by atoms with Crippen LogP contribution in [0.4, 0.5) is 10.1 Å². The monoisotopic (exact) mass is 291 g/mol. The smallest absolute Gasteiger partial charge is 0.313 e. The molecule has 1 saturated heterocycles. The lowest BCUT2D eigenvalue weighted by molar-refractivity contribution is -0.165. The van der Waals surface area contributed by atoms with Crippen LogP contribution < -0.4 is 5.32 Å². The van der Waals surface area contributed by atoms with Crippen LogP contribution in [0.25, 0.3) is 0 Å². The first kappa shape index (κ1) is 14.0. The summed E-state index contributed by atoms with van der Waals surface area (Å²) in [7, 11) is 0. The second kappa shape index (κ2) is 4.06. The van der Waals surface area contributed by atoms with Gasteiger partial charge < -0.3 is 10.1 Å². The van der Waals surface area contributed by atoms with E-state index >= 15 is 0 Å². The van der Waals surface area contributed by atoms with Crippen molar-refractivity contribution in [1.29, 1.82) is 0 Å². The van der Waals surface area contributed by atoms with Crippen molar-refractivity contribution in [2.45, 2.75) is 39.2 Å². The average Bonchev–Trinajstić information content (AvgIpc) is 2.72. The number of amides is 1. The summed E-state index contributed by atoms with van der Waals surface area (Å²) in [4.78, 5) is 24.8. The number of hydrogen-bond donors (Lipinski definition) is 1. The van der Waals surface area contributed by atoms with Gasteiger partial charge in [-0.15, -0.1) is 0 Å². The van der Waals surface area contributed by atoms with Crippen molar-refractivity contribution in [1.82, 2.24) is 0 Å². The summed E-state index contributed by atoms with van der Waals surface area (Å²) in [5.74, 6) is -1.31. The fourth-order valence-corrected chi connectivity index (χ4v) is 3.53. The van der Waals surface area contributed by atoms with Gasteiger partial charge in [0.05, 0.1) is 11.1 Å². The minimum absolute atomic E-state index is 0.101. The Kier molecular flexibility index (Phi) is 2.71. The number of halogens is 1. The third kappa shape index (κ3) is 1.54. The van der Waals surface area contributed by atoms with E-state index < -0.39 is 28.2 Å². The van der Waals surface area contributed by atoms with Gasteiger partial charge in [0.25, 0.3) is 5.91 Å². The molecule has 1 N–H and O–H groups in total. The van der Waals surface area contributed by atoms with Gasteiger partial charge in [-0.3, -0.25) is 9.59 Å². The summed E-state index contributed by atoms with van der Waals surface area (Å²) in [6, 6.07) is 5.95. The van der Waals surface area contributed by atoms with Crippen LogP contribution in [0.15, 0.2) is 24.3 Å². The van der Waals surface area contributed by atoms with Gasteiger partial charge in [-0.05, 0) is 31.9 Å². The van der Waals surface area contributed by atoms with Crippen LogP contribution in [0, 0.1) is 16.6 Å². The molecule has 2 fully saturated rings. The molecule has 1 amide bonds. The number of esters is 1. The summed E-state index contributed by atoms with van der Waals surface area (Å²) in [6.07, 6.45) is 1.06. The van der Waals surface area contributed by atoms with Crippen LogP contribution >= 0.6 is 0 Å². The van der Waals surface area contributed by atoms with Crippen LogP contribution in [0.3, 0.4) is 0 Å². The normalized spacial score (nSPS) is 32.9. The number of carbonyl (C=O) groups excluding carboxylic acids is 2. The molecular weight excluding hydrogens is 273 g/mol. The molecule has 0 aromatic heterocycles. The average molecular weight is 291 g/mol. The predicted octanol–water partition coefficient (Wildman–Crippen LogP) is 2.89. The molecule has 1 aromatic carbocycles. The van der Waals surface area contributed by atoms with Crippen LogP contribution in [-0.2, 0) is 14.3 Å². The molecule has 0 unspecified atom stereocenters. The first-order chi connectivity index (χ1) is 9.74. The maximum Gasteiger partial charge on any atom is 0.313 e. The summed E-state index contributed by atoms with van der Waals surface area (Å²) in [5, 5.41) is 2.57. The minimum Gasteiger partial charge on any atom is -0.448 e. The van der Waals surface area contributed by atoms with Gasteiger partial charge in [-0.25, -0.2) is 4.39 Å². The Morgan fingerprint density at radius 1 is 1.24 bits per heavy atom. The lowest BCUT2D eigenvalue weighted by Crippen LogP contribution is -2.50. The molecule has 0 spiro atoms. The molecule has 3 rings (SSSR count). The SMILES string of the molecule is CC1(C)[C@@]2(C)CC[C@]1(C(=O)Nc1ccccc1F)OC2=O. The van der Waals surface area contributed by atoms with Gasteiger partial charge in [-0.2, -0.15) is 0 Å². The third-order valence-electron chi connectivity index (χ3n) is 5.57. The lowest BCUT2D eigenvalue weighted by Gasteiger charge is -2.35. The van der Waals surface area contributed by atoms with Gasteiger partial charge in [0.1, 0.15) is 5.82 Å². The summed E-state index contributed by atoms with van der Waals surface area (Å²) in [5.41, 5.74) is -2.42. The Morgan fingerprint density at radius 3 is 2.43 bits per heavy atom. The molecule has 21 heavy (non-hydrogen) atoms. The van der Waals surface area contributed by atoms with Crippen molar-refractivity contribution in [2.75, 3.05) is 5.32 Å². The fraction of sp³-hybridized carbons (Fsp3) is 0.500. The minimum atomic E-state index is -1.22. The standard InChI is InChI=1S/C16H18FNO3/c1-14(2)15(3)8-9-16(14,21-13(15)20)12(19)18-11-7-5-4-6-10(11)17/h4-7H,8-9H2,1-3H3,(H,18,19)/t15-,16+/m0/s1. The van der Waals surface area contributed by atoms with E-state index in [0.717, 1.165) is 0 Å². The predicted molar refractivity (Wildman–Crippen MR) is 75.0 cm³/mol. The van der Waals surface area contributed by atoms with Crippen molar-refractivity contribution in [3.63, 3.8) is 0 Å². The van der Waals surface area contributed by atoms with E-state index in [1.807, 2.05) is 20.8 Å². The largest absolute Gasteiger partial charge is 0.448 e. The number of anilines is 1. The first-order valence-electron chi connectivity index (χ1n) is 7.04. The molecule has 4 nitrogen and oxygen atoms in total. The second-order valence-electron chi connectivity index (χ2n) is 6.61. The van der Waals surface area contributed by atoms with E-state index in [1.54, 1.807) is 12.1 Å². The number of hydrogen-bond acceptors (Lipinski definition) is 3. The molecule has 112 valence electrons. The molecule has 0 radical (unpaired) electrons. The highest BCUT2D eigenvalue weighted by atomic mass is 19.1. The molecule has 1 aliphatic carbocycles. The molecule has 5 heteroatoms. The molecule has 1 saturated carbocycles. The summed E-state index contributed by atoms with van der Waals surface area (Å²) >= 11 is 0. The van der Waals surface area contributed by atoms with Crippen LogP contribution in [0.2, 0.25) is 0 Å². The number of nitrogens with one attached hydrogen (secondary N) is 1. The van der Waals surface area contributed by atoms with Crippen LogP contribution in [0.5, 0.6) is 0 Å². The highest BCUT2D eigenvalue weighted by Gasteiger charge is 2.75. The Labute approximate surface area is 122 Å². The molecule has 2 atom stereocenters. The van der Waals surface area contributed by atoms with Gasteiger partial charge in [0.15, 0.2) is 5.60 Å². The van der Waals surface area contributed by atoms with Crippen molar-refractivity contribution < 1.29 is 18.7 Å². The zero-order valence-electron chi connectivity index (χ0n) is 12.3. The van der Waals surface area contributed by atoms with Crippen LogP contribution in [0.1, 0.15) is 33.6 Å². The van der Waals surface area contributed by atoms with E-state index in [9.17, 15) is 14.0 Å². The number of benzene rings is 1. The Morgan fingerprint density at radius 2 is 1.90 bits per heavy atom. The van der Waals surface area contributed by atoms with Gasteiger partial charge in [0, 0.05) is 5.41 Å². The number of ether oxygens (including phenoxy) is 1. The number of para-hydroxylation sites is 1. The van der Waals surface area contributed by atoms with E-state index in [2.05, 4.69) is 5.32 Å². The maximum atomic E-state index is 13.7. The molecule has 2 aliphatic rings. The summed E-state index contributed by atoms with van der Waals surface area (Å²) in [6.45, 7) is 5.57. The first-order valence-corrected chi connectivity index (χ1v) is 7.04. The summed E-state index contributed by atoms with van der Waals surface area (Å²) < 4.78 is 19.2. The molecular formula is C16H18FNO3. The quantitative estimate of drug-likeness (QED) is 0.852. The second-order valence-corrected chi connectivity index (χ2v) is 6.61. The molecule has 1 heterocycles. The third-order valence-corrected chi connectivity index (χ3v) is 5.57. The molecule has 1 aliphatic heterocycles. The number of fused-ring (bicyclic) bond motifs is 2. The number of rotatable bonds is 2. The van der Waals surface area contributed by atoms with Crippen molar-refractivity contribution in [3.05, 3.63) is 30.1 Å². The zero-order chi connectivity index (χ0) is 15.5. The van der Waals surface area contributed by atoms with E-state index in [4.69, 9.17) is 4.74 Å². The van der Waals surface area contributed by atoms with Gasteiger partial charge in [0.2, 0.25) is 0 Å². The number of carbonyl (C=O) groups is 2. The Bertz CT molecular complexity index is 642. The zero-order valence-corrected chi connectivity index (χ0v) is 12.3.